The van der Waals surface area contributed by atoms with E-state index in [4.69, 9.17) is 32.7 Å². The minimum Gasteiger partial charge on any atom is -0.492 e. The number of halogens is 3. The van der Waals surface area contributed by atoms with Crippen LogP contribution in [0.25, 0.3) is 10.9 Å². The van der Waals surface area contributed by atoms with Crippen molar-refractivity contribution >= 4 is 57.4 Å². The average molecular weight is 694 g/mol. The highest BCUT2D eigenvalue weighted by Crippen LogP contribution is 2.44. The topological polar surface area (TPSA) is 165 Å². The summed E-state index contributed by atoms with van der Waals surface area (Å²) in [5.74, 6) is -2.31. The lowest BCUT2D eigenvalue weighted by molar-refractivity contribution is -0.384. The molecule has 5 rings (SSSR count). The zero-order chi connectivity index (χ0) is 34.0. The van der Waals surface area contributed by atoms with Gasteiger partial charge >= 0.3 is 5.97 Å². The van der Waals surface area contributed by atoms with Gasteiger partial charge in [-0.1, -0.05) is 23.2 Å². The summed E-state index contributed by atoms with van der Waals surface area (Å²) in [4.78, 5) is 50.0. The van der Waals surface area contributed by atoms with Crippen LogP contribution in [-0.2, 0) is 9.53 Å². The van der Waals surface area contributed by atoms with Crippen LogP contribution in [-0.4, -0.2) is 76.7 Å². The number of anilines is 1. The summed E-state index contributed by atoms with van der Waals surface area (Å²) in [5.41, 5.74) is -0.445. The van der Waals surface area contributed by atoms with Gasteiger partial charge in [0.1, 0.15) is 11.3 Å². The molecule has 2 aromatic carbocycles. The standard InChI is InChI=1S/C31H33Cl2FN5O8/c1-16-14-37(11-10-35-16)25-22(34)13-20-24(28(25)46-2)38(18-7-8-18)15-21(27(20)41)31(43)47-12-9-23(36-30(42)29(32)33)26(40)17-3-5-19(6-4-17)39(44)45/h3-6,9,13,15-16,18,23,26,29,35,40H,7-8,10-12,14H2,1-2H3,(H,36,42)/t16?,23-,26-/m1/s1. The number of ether oxygens (including phenoxy) is 2. The number of amides is 1. The molecule has 0 bridgehead atoms. The highest BCUT2D eigenvalue weighted by atomic mass is 35.5. The Morgan fingerprint density at radius 1 is 1.28 bits per heavy atom. The molecule has 3 atom stereocenters. The van der Waals surface area contributed by atoms with Gasteiger partial charge in [-0.05, 0) is 43.5 Å². The number of aliphatic hydroxyl groups is 1. The lowest BCUT2D eigenvalue weighted by Gasteiger charge is -2.35. The molecule has 1 amide bonds. The van der Waals surface area contributed by atoms with Crippen LogP contribution in [0.5, 0.6) is 5.75 Å². The van der Waals surface area contributed by atoms with Crippen LogP contribution in [0.1, 0.15) is 47.8 Å². The van der Waals surface area contributed by atoms with E-state index in [-0.39, 0.29) is 45.7 Å². The van der Waals surface area contributed by atoms with Gasteiger partial charge in [-0.25, -0.2) is 9.18 Å². The fourth-order valence-corrected chi connectivity index (χ4v) is 5.78. The van der Waals surface area contributed by atoms with E-state index in [9.17, 15) is 29.6 Å². The van der Waals surface area contributed by atoms with Gasteiger partial charge in [0.15, 0.2) is 16.4 Å². The number of rotatable bonds is 12. The lowest BCUT2D eigenvalue weighted by Crippen LogP contribution is -2.49. The van der Waals surface area contributed by atoms with Crippen LogP contribution in [0.2, 0.25) is 0 Å². The molecule has 1 saturated carbocycles. The number of carbonyl (C=O) groups is 2. The number of esters is 1. The van der Waals surface area contributed by atoms with Gasteiger partial charge in [0.05, 0.1) is 41.7 Å². The summed E-state index contributed by atoms with van der Waals surface area (Å²) < 4.78 is 28.6. The van der Waals surface area contributed by atoms with Crippen LogP contribution < -0.4 is 25.7 Å². The number of aromatic nitrogens is 1. The van der Waals surface area contributed by atoms with Gasteiger partial charge < -0.3 is 34.7 Å². The molecule has 13 nitrogen and oxygen atoms in total. The molecule has 2 fully saturated rings. The number of carbonyl (C=O) groups excluding carboxylic acids is 2. The minimum atomic E-state index is -1.48. The summed E-state index contributed by atoms with van der Waals surface area (Å²) in [6.45, 7) is 3.22. The van der Waals surface area contributed by atoms with Gasteiger partial charge in [-0.15, -0.1) is 0 Å². The van der Waals surface area contributed by atoms with Crippen molar-refractivity contribution < 1.29 is 33.5 Å². The fraction of sp³-hybridized carbons (Fsp3) is 0.419. The summed E-state index contributed by atoms with van der Waals surface area (Å²) in [7, 11) is 1.42. The monoisotopic (exact) mass is 692 g/mol. The molecule has 1 aliphatic carbocycles. The molecular formula is C31H33Cl2FN5O8. The van der Waals surface area contributed by atoms with Crippen molar-refractivity contribution in [1.82, 2.24) is 15.2 Å². The summed E-state index contributed by atoms with van der Waals surface area (Å²) in [6.07, 6.45) is 2.77. The Bertz CT molecular complexity index is 1730. The number of aliphatic hydroxyl groups excluding tert-OH is 1. The van der Waals surface area contributed by atoms with Crippen LogP contribution in [0.3, 0.4) is 0 Å². The first-order chi connectivity index (χ1) is 22.4. The first-order valence-electron chi connectivity index (χ1n) is 14.9. The molecule has 3 aromatic rings. The summed E-state index contributed by atoms with van der Waals surface area (Å²) in [6, 6.07) is 4.96. The van der Waals surface area contributed by atoms with E-state index in [1.807, 2.05) is 11.8 Å². The van der Waals surface area contributed by atoms with E-state index in [1.54, 1.807) is 4.57 Å². The molecule has 2 aliphatic rings. The molecule has 47 heavy (non-hydrogen) atoms. The Balaban J connectivity index is 1.41. The SMILES string of the molecule is COc1c(N2CCNC(C)C2)c(F)cc2c(=O)c(C(=O)OC[CH][C@@H](NC(=O)C(Cl)Cl)[C@H](O)c3ccc([N+](=O)[O-])cc3)cn(C3CC3)c12. The quantitative estimate of drug-likeness (QED) is 0.111. The maximum atomic E-state index is 15.7. The molecule has 2 heterocycles. The Kier molecular flexibility index (Phi) is 10.5. The normalized spacial score (nSPS) is 17.8. The van der Waals surface area contributed by atoms with E-state index < -0.39 is 51.6 Å². The Morgan fingerprint density at radius 2 is 1.98 bits per heavy atom. The van der Waals surface area contributed by atoms with E-state index in [1.165, 1.54) is 44.0 Å². The van der Waals surface area contributed by atoms with Gasteiger partial charge in [0.25, 0.3) is 11.6 Å². The van der Waals surface area contributed by atoms with Crippen LogP contribution in [0.4, 0.5) is 15.8 Å². The zero-order valence-corrected chi connectivity index (χ0v) is 27.0. The number of hydrogen-bond acceptors (Lipinski definition) is 10. The lowest BCUT2D eigenvalue weighted by atomic mass is 9.99. The second-order valence-electron chi connectivity index (χ2n) is 11.4. The summed E-state index contributed by atoms with van der Waals surface area (Å²) in [5, 5.41) is 27.7. The minimum absolute atomic E-state index is 0.0365. The van der Waals surface area contributed by atoms with Crippen molar-refractivity contribution in [2.45, 2.75) is 48.8 Å². The maximum absolute atomic E-state index is 15.7. The second-order valence-corrected chi connectivity index (χ2v) is 12.5. The maximum Gasteiger partial charge on any atom is 0.343 e. The molecule has 251 valence electrons. The number of alkyl halides is 2. The molecule has 1 aliphatic heterocycles. The van der Waals surface area contributed by atoms with Gasteiger partial charge in [-0.2, -0.15) is 0 Å². The van der Waals surface area contributed by atoms with Crippen LogP contribution in [0.15, 0.2) is 41.3 Å². The van der Waals surface area contributed by atoms with E-state index in [0.29, 0.717) is 25.2 Å². The number of nitro groups is 1. The predicted molar refractivity (Wildman–Crippen MR) is 173 cm³/mol. The zero-order valence-electron chi connectivity index (χ0n) is 25.5. The molecule has 1 radical (unpaired) electrons. The Labute approximate surface area is 278 Å². The third-order valence-electron chi connectivity index (χ3n) is 8.10. The summed E-state index contributed by atoms with van der Waals surface area (Å²) >= 11 is 11.3. The van der Waals surface area contributed by atoms with E-state index >= 15 is 4.39 Å². The Hall–Kier alpha value is -3.98. The third kappa shape index (κ3) is 7.45. The number of methoxy groups -OCH3 is 1. The van der Waals surface area contributed by atoms with E-state index in [0.717, 1.165) is 18.9 Å². The number of fused-ring (bicyclic) bond motifs is 1. The van der Waals surface area contributed by atoms with Gasteiger partial charge in [0, 0.05) is 56.5 Å². The number of nitro benzene ring substituents is 1. The van der Waals surface area contributed by atoms with Crippen molar-refractivity contribution in [3.05, 3.63) is 80.2 Å². The Morgan fingerprint density at radius 3 is 2.57 bits per heavy atom. The highest BCUT2D eigenvalue weighted by molar-refractivity contribution is 6.53. The van der Waals surface area contributed by atoms with Crippen molar-refractivity contribution in [1.29, 1.82) is 0 Å². The number of benzene rings is 2. The number of nitrogens with one attached hydrogen (secondary N) is 2. The molecule has 16 heteroatoms. The first-order valence-corrected chi connectivity index (χ1v) is 15.7. The number of pyridine rings is 1. The van der Waals surface area contributed by atoms with Gasteiger partial charge in [0.2, 0.25) is 5.43 Å². The van der Waals surface area contributed by atoms with Crippen molar-refractivity contribution in [3.63, 3.8) is 0 Å². The largest absolute Gasteiger partial charge is 0.492 e. The fourth-order valence-electron chi connectivity index (χ4n) is 5.65. The van der Waals surface area contributed by atoms with Gasteiger partial charge in [-0.3, -0.25) is 19.7 Å². The molecule has 3 N–H and O–H groups in total. The van der Waals surface area contributed by atoms with Crippen molar-refractivity contribution in [3.8, 4) is 5.75 Å². The third-order valence-corrected chi connectivity index (χ3v) is 8.50. The van der Waals surface area contributed by atoms with Crippen molar-refractivity contribution in [2.75, 3.05) is 38.3 Å². The molecule has 1 saturated heterocycles. The average Bonchev–Trinajstić information content (AvgIpc) is 3.89. The van der Waals surface area contributed by atoms with E-state index in [2.05, 4.69) is 10.6 Å². The highest BCUT2D eigenvalue weighted by Gasteiger charge is 2.33. The van der Waals surface area contributed by atoms with Crippen LogP contribution >= 0.6 is 23.2 Å². The smallest absolute Gasteiger partial charge is 0.343 e. The van der Waals surface area contributed by atoms with Crippen LogP contribution in [0, 0.1) is 22.4 Å². The first kappa shape index (κ1) is 34.4. The predicted octanol–water partition coefficient (Wildman–Crippen LogP) is 3.57. The molecule has 0 spiro atoms. The number of non-ortho nitro benzene ring substituents is 1. The molecular weight excluding hydrogens is 660 g/mol. The number of nitrogens with zero attached hydrogens (tertiary/aromatic N) is 3. The number of hydrogen-bond donors (Lipinski definition) is 3. The number of piperazine rings is 1. The second kappa shape index (κ2) is 14.4. The molecule has 1 aromatic heterocycles. The van der Waals surface area contributed by atoms with Crippen molar-refractivity contribution in [2.24, 2.45) is 0 Å². The molecule has 1 unspecified atom stereocenters.